The topological polar surface area (TPSA) is 135 Å². The number of sulfonamides is 1. The normalized spacial score (nSPS) is 17.6. The van der Waals surface area contributed by atoms with Crippen molar-refractivity contribution in [3.63, 3.8) is 0 Å². The number of halogens is 2. The van der Waals surface area contributed by atoms with Crippen LogP contribution in [0.15, 0.2) is 89.6 Å². The molecule has 2 aromatic heterocycles. The number of carbonyl (C=O) groups excluding carboxylic acids is 1. The number of hydrogen-bond donors (Lipinski definition) is 2. The molecule has 0 spiro atoms. The first-order chi connectivity index (χ1) is 29.3. The van der Waals surface area contributed by atoms with Gasteiger partial charge >= 0.3 is 0 Å². The first-order valence-corrected chi connectivity index (χ1v) is 22.1. The van der Waals surface area contributed by atoms with Gasteiger partial charge in [0.25, 0.3) is 15.9 Å². The van der Waals surface area contributed by atoms with Crippen molar-refractivity contribution in [2.24, 2.45) is 5.92 Å². The van der Waals surface area contributed by atoms with Gasteiger partial charge in [-0.2, -0.15) is 0 Å². The number of aromatic amines is 1. The molecule has 3 aliphatic rings. The zero-order valence-electron chi connectivity index (χ0n) is 34.0. The third-order valence-corrected chi connectivity index (χ3v) is 12.9. The Balaban J connectivity index is 1.01. The predicted octanol–water partition coefficient (Wildman–Crippen LogP) is 7.83. The molecule has 61 heavy (non-hydrogen) atoms. The largest absolute Gasteiger partial charge is 0.476 e. The van der Waals surface area contributed by atoms with Gasteiger partial charge in [-0.05, 0) is 91.8 Å². The van der Waals surface area contributed by atoms with Crippen LogP contribution in [0.25, 0.3) is 16.5 Å². The molecule has 2 fully saturated rings. The Morgan fingerprint density at radius 1 is 1.05 bits per heavy atom. The molecule has 2 N–H and O–H groups in total. The Kier molecular flexibility index (Phi) is 12.4. The Morgan fingerprint density at radius 3 is 2.57 bits per heavy atom. The summed E-state index contributed by atoms with van der Waals surface area (Å²) in [6.07, 6.45) is 11.0. The monoisotopic (exact) mass is 867 g/mol. The number of rotatable bonds is 12. The van der Waals surface area contributed by atoms with Crippen molar-refractivity contribution in [3.05, 3.63) is 112 Å². The molecule has 0 saturated carbocycles. The second kappa shape index (κ2) is 17.9. The van der Waals surface area contributed by atoms with Gasteiger partial charge in [0.15, 0.2) is 11.6 Å². The standard InChI is InChI=1S/C46H47ClFN5O7S/c1-4-31-21-37(26-50-45(31)58-28-30-12-19-57-20-13-30)61(55,56)51-44(54)38-10-9-36(23-42(38)60-43-22-33-11-14-49-41(33)24-40(43)48)53-17-15-52(16-18-53)27-34-29-59-46(2,3)25-39(34)32-5-7-35(47)8-6-32/h1,5-11,14,21-24,26,30,49H,12-13,15-20,25,27-29H2,2-3H3,(H,51,54). The van der Waals surface area contributed by atoms with Crippen LogP contribution in [0.4, 0.5) is 10.1 Å². The molecule has 0 aliphatic carbocycles. The van der Waals surface area contributed by atoms with Crippen molar-refractivity contribution >= 4 is 49.7 Å². The van der Waals surface area contributed by atoms with E-state index in [0.717, 1.165) is 56.3 Å². The van der Waals surface area contributed by atoms with E-state index in [1.807, 2.05) is 12.1 Å². The summed E-state index contributed by atoms with van der Waals surface area (Å²) < 4.78 is 68.5. The quantitative estimate of drug-likeness (QED) is 0.120. The van der Waals surface area contributed by atoms with Crippen LogP contribution in [0.2, 0.25) is 5.02 Å². The van der Waals surface area contributed by atoms with E-state index < -0.39 is 21.7 Å². The van der Waals surface area contributed by atoms with Crippen molar-refractivity contribution in [1.82, 2.24) is 19.6 Å². The van der Waals surface area contributed by atoms with E-state index >= 15 is 4.39 Å². The highest BCUT2D eigenvalue weighted by atomic mass is 35.5. The van der Waals surface area contributed by atoms with E-state index in [2.05, 4.69) is 56.4 Å². The van der Waals surface area contributed by atoms with E-state index in [-0.39, 0.29) is 44.9 Å². The minimum atomic E-state index is -4.49. The highest BCUT2D eigenvalue weighted by Crippen LogP contribution is 2.37. The van der Waals surface area contributed by atoms with Gasteiger partial charge in [0.2, 0.25) is 5.88 Å². The molecular weight excluding hydrogens is 821 g/mol. The van der Waals surface area contributed by atoms with Gasteiger partial charge in [-0.1, -0.05) is 29.7 Å². The van der Waals surface area contributed by atoms with Crippen LogP contribution in [0, 0.1) is 24.1 Å². The summed E-state index contributed by atoms with van der Waals surface area (Å²) in [4.78, 5) is 25.3. The van der Waals surface area contributed by atoms with Crippen LogP contribution in [-0.2, 0) is 19.5 Å². The molecular formula is C46H47ClFN5O7S. The number of amides is 1. The highest BCUT2D eigenvalue weighted by Gasteiger charge is 2.31. The number of H-pyrrole nitrogens is 1. The van der Waals surface area contributed by atoms with Gasteiger partial charge < -0.3 is 28.8 Å². The summed E-state index contributed by atoms with van der Waals surface area (Å²) >= 11 is 6.21. The molecule has 1 amide bonds. The minimum absolute atomic E-state index is 0.0274. The van der Waals surface area contributed by atoms with Gasteiger partial charge in [0.1, 0.15) is 10.6 Å². The second-order valence-corrected chi connectivity index (χ2v) is 18.3. The van der Waals surface area contributed by atoms with E-state index in [0.29, 0.717) is 55.4 Å². The molecule has 3 aliphatic heterocycles. The molecule has 8 rings (SSSR count). The maximum atomic E-state index is 15.4. The lowest BCUT2D eigenvalue weighted by atomic mass is 9.87. The third kappa shape index (κ3) is 9.88. The van der Waals surface area contributed by atoms with Crippen LogP contribution >= 0.6 is 11.6 Å². The fraction of sp³-hybridized carbons (Fsp3) is 0.348. The molecule has 15 heteroatoms. The zero-order chi connectivity index (χ0) is 42.7. The van der Waals surface area contributed by atoms with Gasteiger partial charge in [-0.15, -0.1) is 6.42 Å². The van der Waals surface area contributed by atoms with E-state index in [1.54, 1.807) is 24.4 Å². The number of nitrogens with one attached hydrogen (secondary N) is 2. The van der Waals surface area contributed by atoms with Crippen molar-refractivity contribution in [2.45, 2.75) is 43.6 Å². The Morgan fingerprint density at radius 2 is 1.82 bits per heavy atom. The number of fused-ring (bicyclic) bond motifs is 1. The lowest BCUT2D eigenvalue weighted by Crippen LogP contribution is -2.47. The summed E-state index contributed by atoms with van der Waals surface area (Å²) in [5.41, 5.74) is 4.67. The van der Waals surface area contributed by atoms with Gasteiger partial charge in [-0.3, -0.25) is 9.69 Å². The average Bonchev–Trinajstić information content (AvgIpc) is 3.71. The molecule has 2 saturated heterocycles. The average molecular weight is 868 g/mol. The first kappa shape index (κ1) is 42.3. The molecule has 5 heterocycles. The van der Waals surface area contributed by atoms with Crippen molar-refractivity contribution in [2.75, 3.05) is 64.1 Å². The van der Waals surface area contributed by atoms with E-state index in [9.17, 15) is 13.2 Å². The maximum Gasteiger partial charge on any atom is 0.268 e. The van der Waals surface area contributed by atoms with Gasteiger partial charge in [0, 0.05) is 92.3 Å². The second-order valence-electron chi connectivity index (χ2n) is 16.2. The summed E-state index contributed by atoms with van der Waals surface area (Å²) in [7, 11) is -4.49. The number of hydrogen-bond acceptors (Lipinski definition) is 10. The lowest BCUT2D eigenvalue weighted by Gasteiger charge is -2.39. The van der Waals surface area contributed by atoms with Crippen LogP contribution in [-0.4, -0.2) is 93.9 Å². The fourth-order valence-electron chi connectivity index (χ4n) is 7.88. The fourth-order valence-corrected chi connectivity index (χ4v) is 8.94. The van der Waals surface area contributed by atoms with Crippen molar-refractivity contribution in [1.29, 1.82) is 0 Å². The number of benzene rings is 3. The lowest BCUT2D eigenvalue weighted by molar-refractivity contribution is -0.0101. The molecule has 0 unspecified atom stereocenters. The maximum absolute atomic E-state index is 15.4. The van der Waals surface area contributed by atoms with Gasteiger partial charge in [-0.25, -0.2) is 22.5 Å². The van der Waals surface area contributed by atoms with Crippen molar-refractivity contribution < 1.29 is 36.6 Å². The molecule has 0 radical (unpaired) electrons. The first-order valence-electron chi connectivity index (χ1n) is 20.2. The zero-order valence-corrected chi connectivity index (χ0v) is 35.6. The number of terminal acetylenes is 1. The molecule has 0 bridgehead atoms. The summed E-state index contributed by atoms with van der Waals surface area (Å²) in [6, 6.07) is 18.6. The SMILES string of the molecule is C#Cc1cc(S(=O)(=O)NC(=O)c2ccc(N3CCN(CC4=C(c5ccc(Cl)cc5)CC(C)(C)OC4)CC3)cc2Oc2cc3cc[nH]c3cc2F)cnc1OCC1CCOCC1. The van der Waals surface area contributed by atoms with Crippen molar-refractivity contribution in [3.8, 4) is 29.7 Å². The van der Waals surface area contributed by atoms with E-state index in [1.165, 1.54) is 35.4 Å². The molecule has 318 valence electrons. The predicted molar refractivity (Wildman–Crippen MR) is 232 cm³/mol. The molecule has 3 aromatic carbocycles. The third-order valence-electron chi connectivity index (χ3n) is 11.4. The number of anilines is 1. The smallest absolute Gasteiger partial charge is 0.268 e. The minimum Gasteiger partial charge on any atom is -0.476 e. The Labute approximate surface area is 360 Å². The number of pyridine rings is 1. The van der Waals surface area contributed by atoms with Gasteiger partial charge in [0.05, 0.1) is 36.1 Å². The van der Waals surface area contributed by atoms with Crippen LogP contribution in [0.3, 0.4) is 0 Å². The number of nitrogens with zero attached hydrogens (tertiary/aromatic N) is 3. The summed E-state index contributed by atoms with van der Waals surface area (Å²) in [5, 5.41) is 1.38. The molecule has 0 atom stereocenters. The number of piperazine rings is 1. The number of ether oxygens (including phenoxy) is 4. The number of aromatic nitrogens is 2. The Bertz CT molecular complexity index is 2610. The van der Waals surface area contributed by atoms with Crippen LogP contribution in [0.1, 0.15) is 54.6 Å². The van der Waals surface area contributed by atoms with E-state index in [4.69, 9.17) is 37.0 Å². The van der Waals surface area contributed by atoms with Crippen LogP contribution in [0.5, 0.6) is 17.4 Å². The summed E-state index contributed by atoms with van der Waals surface area (Å²) in [6.45, 7) is 9.92. The number of carbonyl (C=O) groups is 1. The molecule has 12 nitrogen and oxygen atoms in total. The Hall–Kier alpha value is -5.43. The molecule has 5 aromatic rings. The van der Waals surface area contributed by atoms with Crippen LogP contribution < -0.4 is 19.1 Å². The highest BCUT2D eigenvalue weighted by molar-refractivity contribution is 7.90. The summed E-state index contributed by atoms with van der Waals surface area (Å²) in [5.74, 6) is 1.02.